The van der Waals surface area contributed by atoms with Crippen LogP contribution in [-0.2, 0) is 13.0 Å². The van der Waals surface area contributed by atoms with E-state index in [4.69, 9.17) is 0 Å². The van der Waals surface area contributed by atoms with Crippen molar-refractivity contribution in [3.63, 3.8) is 0 Å². The van der Waals surface area contributed by atoms with Crippen LogP contribution in [0.2, 0.25) is 0 Å². The van der Waals surface area contributed by atoms with E-state index in [1.807, 2.05) is 45.0 Å². The van der Waals surface area contributed by atoms with Crippen molar-refractivity contribution in [3.8, 4) is 0 Å². The normalized spacial score (nSPS) is 11.4. The molecular formula is C19H25FN4. The summed E-state index contributed by atoms with van der Waals surface area (Å²) in [7, 11) is 0. The smallest absolute Gasteiger partial charge is 0.191 e. The van der Waals surface area contributed by atoms with Gasteiger partial charge in [0.2, 0.25) is 0 Å². The van der Waals surface area contributed by atoms with Crippen LogP contribution in [0.5, 0.6) is 0 Å². The van der Waals surface area contributed by atoms with Crippen LogP contribution in [0, 0.1) is 19.7 Å². The van der Waals surface area contributed by atoms with Crippen LogP contribution in [-0.4, -0.2) is 24.0 Å². The summed E-state index contributed by atoms with van der Waals surface area (Å²) in [6.07, 6.45) is 0.819. The molecule has 24 heavy (non-hydrogen) atoms. The molecule has 2 N–H and O–H groups in total. The Kier molecular flexibility index (Phi) is 6.73. The van der Waals surface area contributed by atoms with Crippen LogP contribution in [0.1, 0.15) is 29.4 Å². The molecule has 2 rings (SSSR count). The second-order valence-corrected chi connectivity index (χ2v) is 5.71. The van der Waals surface area contributed by atoms with Gasteiger partial charge in [0.1, 0.15) is 5.82 Å². The van der Waals surface area contributed by atoms with E-state index in [9.17, 15) is 4.39 Å². The molecule has 0 saturated heterocycles. The van der Waals surface area contributed by atoms with Crippen LogP contribution in [0.3, 0.4) is 0 Å². The van der Waals surface area contributed by atoms with Crippen molar-refractivity contribution in [1.29, 1.82) is 0 Å². The predicted molar refractivity (Wildman–Crippen MR) is 96.6 cm³/mol. The van der Waals surface area contributed by atoms with E-state index >= 15 is 0 Å². The number of hydrogen-bond donors (Lipinski definition) is 2. The molecule has 1 aromatic carbocycles. The Morgan fingerprint density at radius 2 is 2.00 bits per heavy atom. The summed E-state index contributed by atoms with van der Waals surface area (Å²) < 4.78 is 13.1. The van der Waals surface area contributed by atoms with Gasteiger partial charge in [-0.25, -0.2) is 9.38 Å². The van der Waals surface area contributed by atoms with Crippen molar-refractivity contribution in [1.82, 2.24) is 15.6 Å². The van der Waals surface area contributed by atoms with Crippen molar-refractivity contribution in [2.24, 2.45) is 4.99 Å². The molecule has 0 unspecified atom stereocenters. The quantitative estimate of drug-likeness (QED) is 0.633. The van der Waals surface area contributed by atoms with E-state index in [2.05, 4.69) is 20.6 Å². The summed E-state index contributed by atoms with van der Waals surface area (Å²) in [4.78, 5) is 9.02. The highest BCUT2D eigenvalue weighted by molar-refractivity contribution is 5.79. The number of nitrogens with one attached hydrogen (secondary N) is 2. The van der Waals surface area contributed by atoms with Gasteiger partial charge in [0, 0.05) is 18.8 Å². The lowest BCUT2D eigenvalue weighted by molar-refractivity contribution is 0.625. The summed E-state index contributed by atoms with van der Waals surface area (Å²) in [6.45, 7) is 8.00. The van der Waals surface area contributed by atoms with Crippen LogP contribution in [0.25, 0.3) is 0 Å². The molecule has 1 heterocycles. The molecule has 0 aliphatic rings. The first-order chi connectivity index (χ1) is 11.6. The third-order valence-corrected chi connectivity index (χ3v) is 3.68. The molecule has 0 saturated carbocycles. The fourth-order valence-corrected chi connectivity index (χ4v) is 2.44. The Bertz CT molecular complexity index is 698. The molecular weight excluding hydrogens is 303 g/mol. The van der Waals surface area contributed by atoms with Gasteiger partial charge in [-0.05, 0) is 62.6 Å². The lowest BCUT2D eigenvalue weighted by Crippen LogP contribution is -2.38. The number of hydrogen-bond acceptors (Lipinski definition) is 2. The number of benzene rings is 1. The molecule has 0 atom stereocenters. The maximum absolute atomic E-state index is 13.1. The molecule has 128 valence electrons. The van der Waals surface area contributed by atoms with Crippen molar-refractivity contribution < 1.29 is 4.39 Å². The highest BCUT2D eigenvalue weighted by Crippen LogP contribution is 2.10. The monoisotopic (exact) mass is 328 g/mol. The molecule has 0 fully saturated rings. The topological polar surface area (TPSA) is 49.3 Å². The lowest BCUT2D eigenvalue weighted by Gasteiger charge is -2.12. The fourth-order valence-electron chi connectivity index (χ4n) is 2.44. The Morgan fingerprint density at radius 1 is 1.17 bits per heavy atom. The molecule has 0 aliphatic carbocycles. The van der Waals surface area contributed by atoms with Crippen molar-refractivity contribution >= 4 is 5.96 Å². The first-order valence-electron chi connectivity index (χ1n) is 8.28. The molecule has 0 bridgehead atoms. The van der Waals surface area contributed by atoms with Gasteiger partial charge in [0.15, 0.2) is 5.96 Å². The average Bonchev–Trinajstić information content (AvgIpc) is 2.54. The van der Waals surface area contributed by atoms with E-state index in [1.54, 1.807) is 6.07 Å². The van der Waals surface area contributed by atoms with Gasteiger partial charge in [0.25, 0.3) is 0 Å². The number of nitrogens with zero attached hydrogens (tertiary/aromatic N) is 2. The van der Waals surface area contributed by atoms with Crippen molar-refractivity contribution in [3.05, 3.63) is 64.7 Å². The maximum Gasteiger partial charge on any atom is 0.191 e. The predicted octanol–water partition coefficient (Wildman–Crippen LogP) is 3.14. The number of aryl methyl sites for hydroxylation is 2. The minimum atomic E-state index is -0.190. The Morgan fingerprint density at radius 3 is 2.71 bits per heavy atom. The molecule has 0 radical (unpaired) electrons. The van der Waals surface area contributed by atoms with E-state index in [0.29, 0.717) is 6.54 Å². The van der Waals surface area contributed by atoms with Crippen LogP contribution in [0.15, 0.2) is 41.4 Å². The highest BCUT2D eigenvalue weighted by atomic mass is 19.1. The number of halogens is 1. The molecule has 2 aromatic rings. The maximum atomic E-state index is 13.1. The fraction of sp³-hybridized carbons (Fsp3) is 0.368. The lowest BCUT2D eigenvalue weighted by atomic mass is 10.1. The van der Waals surface area contributed by atoms with Gasteiger partial charge in [0.05, 0.1) is 12.2 Å². The van der Waals surface area contributed by atoms with E-state index in [0.717, 1.165) is 48.0 Å². The molecule has 0 spiro atoms. The minimum Gasteiger partial charge on any atom is -0.357 e. The van der Waals surface area contributed by atoms with Crippen LogP contribution < -0.4 is 10.6 Å². The first kappa shape index (κ1) is 17.9. The minimum absolute atomic E-state index is 0.190. The van der Waals surface area contributed by atoms with Gasteiger partial charge in [-0.2, -0.15) is 0 Å². The third-order valence-electron chi connectivity index (χ3n) is 3.68. The van der Waals surface area contributed by atoms with Gasteiger partial charge in [-0.3, -0.25) is 4.98 Å². The summed E-state index contributed by atoms with van der Waals surface area (Å²) >= 11 is 0. The van der Waals surface area contributed by atoms with Gasteiger partial charge in [-0.15, -0.1) is 0 Å². The third kappa shape index (κ3) is 5.65. The average molecular weight is 328 g/mol. The van der Waals surface area contributed by atoms with Crippen LogP contribution >= 0.6 is 0 Å². The molecule has 0 amide bonds. The Hall–Kier alpha value is -2.43. The second-order valence-electron chi connectivity index (χ2n) is 5.71. The molecule has 5 heteroatoms. The summed E-state index contributed by atoms with van der Waals surface area (Å²) in [6, 6.07) is 10.9. The zero-order chi connectivity index (χ0) is 17.4. The number of aliphatic imine (C=N–C) groups is 1. The van der Waals surface area contributed by atoms with Crippen molar-refractivity contribution in [2.45, 2.75) is 33.7 Å². The molecule has 1 aromatic heterocycles. The highest BCUT2D eigenvalue weighted by Gasteiger charge is 2.02. The van der Waals surface area contributed by atoms with E-state index < -0.39 is 0 Å². The first-order valence-corrected chi connectivity index (χ1v) is 8.28. The van der Waals surface area contributed by atoms with Crippen LogP contribution in [0.4, 0.5) is 4.39 Å². The molecule has 0 aliphatic heterocycles. The summed E-state index contributed by atoms with van der Waals surface area (Å²) in [5.74, 6) is 0.574. The second kappa shape index (κ2) is 9.01. The molecule has 4 nitrogen and oxygen atoms in total. The summed E-state index contributed by atoms with van der Waals surface area (Å²) in [5, 5.41) is 6.54. The summed E-state index contributed by atoms with van der Waals surface area (Å²) in [5.41, 5.74) is 4.05. The standard InChI is InChI=1S/C19H25FN4/c1-4-21-19(23-13-18-7-5-6-15(3)24-18)22-11-10-16-8-9-17(20)12-14(16)2/h5-9,12H,4,10-11,13H2,1-3H3,(H2,21,22,23). The number of rotatable bonds is 6. The van der Waals surface area contributed by atoms with Gasteiger partial charge < -0.3 is 10.6 Å². The van der Waals surface area contributed by atoms with Gasteiger partial charge >= 0.3 is 0 Å². The van der Waals surface area contributed by atoms with E-state index in [1.165, 1.54) is 6.07 Å². The zero-order valence-electron chi connectivity index (χ0n) is 14.6. The SMILES string of the molecule is CCNC(=NCc1cccc(C)n1)NCCc1ccc(F)cc1C. The van der Waals surface area contributed by atoms with Crippen molar-refractivity contribution in [2.75, 3.05) is 13.1 Å². The van der Waals surface area contributed by atoms with Gasteiger partial charge in [-0.1, -0.05) is 12.1 Å². The largest absolute Gasteiger partial charge is 0.357 e. The number of guanidine groups is 1. The number of aromatic nitrogens is 1. The number of pyridine rings is 1. The zero-order valence-corrected chi connectivity index (χ0v) is 14.6. The van der Waals surface area contributed by atoms with E-state index in [-0.39, 0.29) is 5.82 Å². The Labute approximate surface area is 143 Å². The Balaban J connectivity index is 1.91.